The zero-order valence-electron chi connectivity index (χ0n) is 30.0. The van der Waals surface area contributed by atoms with Gasteiger partial charge in [0.05, 0.1) is 5.69 Å². The van der Waals surface area contributed by atoms with Gasteiger partial charge >= 0.3 is 0 Å². The molecule has 6 rings (SSSR count). The van der Waals surface area contributed by atoms with Crippen LogP contribution in [0.2, 0.25) is 0 Å². The zero-order valence-corrected chi connectivity index (χ0v) is 30.9. The lowest BCUT2D eigenvalue weighted by atomic mass is 9.95. The van der Waals surface area contributed by atoms with E-state index in [1.807, 2.05) is 20.2 Å². The minimum absolute atomic E-state index is 0.0817. The number of fused-ring (bicyclic) bond motifs is 2. The third kappa shape index (κ3) is 8.53. The average Bonchev–Trinajstić information content (AvgIpc) is 3.11. The van der Waals surface area contributed by atoms with Crippen LogP contribution >= 0.6 is 12.6 Å². The van der Waals surface area contributed by atoms with Crippen LogP contribution in [-0.2, 0) is 0 Å². The number of nitrogens with one attached hydrogen (secondary N) is 3. The van der Waals surface area contributed by atoms with Gasteiger partial charge in [-0.1, -0.05) is 50.0 Å². The minimum atomic E-state index is 0.0817. The Kier molecular flexibility index (Phi) is 11.5. The van der Waals surface area contributed by atoms with E-state index in [1.165, 1.54) is 49.1 Å². The van der Waals surface area contributed by atoms with Crippen LogP contribution in [0.15, 0.2) is 118 Å². The standard InChI is InChI=1S/C42H51N7S/c1-29-24-38-40(27-35(29)43)49(33-14-10-9-11-15-33)41-28-37(30(2)25-39(41)47-38)45-23-13-8-6-5-7-12-22-44-31-16-18-32(19-17-31)46-36-21-20-34(48(3)4)26-42(36)50/h9-11,14-18,20-21,24-28,38,43-45,47,50H,5-8,12-13,19,22-23H2,1-4H3/p+1/b46-32-. The molecular formula is C42H52N7S+. The predicted molar refractivity (Wildman–Crippen MR) is 219 cm³/mol. The Bertz CT molecular complexity index is 1880. The van der Waals surface area contributed by atoms with Crippen LogP contribution in [0.3, 0.4) is 0 Å². The molecule has 1 unspecified atom stereocenters. The Balaban J connectivity index is 0.918. The van der Waals surface area contributed by atoms with Gasteiger partial charge < -0.3 is 26.6 Å². The molecule has 3 aromatic rings. The number of nitrogens with two attached hydrogens (primary N) is 1. The van der Waals surface area contributed by atoms with Crippen LogP contribution < -0.4 is 31.2 Å². The molecule has 50 heavy (non-hydrogen) atoms. The summed E-state index contributed by atoms with van der Waals surface area (Å²) in [4.78, 5) is 7.79. The summed E-state index contributed by atoms with van der Waals surface area (Å²) in [5.74, 6) is 0. The summed E-state index contributed by atoms with van der Waals surface area (Å²) >= 11 is 4.64. The first-order chi connectivity index (χ1) is 24.3. The van der Waals surface area contributed by atoms with Crippen LogP contribution in [0.25, 0.3) is 0 Å². The first kappa shape index (κ1) is 35.1. The number of unbranched alkanes of at least 4 members (excludes halogenated alkanes) is 5. The number of anilines is 3. The van der Waals surface area contributed by atoms with E-state index >= 15 is 0 Å². The molecule has 8 heteroatoms. The number of thiol groups is 1. The first-order valence-corrected chi connectivity index (χ1v) is 18.4. The monoisotopic (exact) mass is 686 g/mol. The van der Waals surface area contributed by atoms with Crippen molar-refractivity contribution in [3.8, 4) is 0 Å². The highest BCUT2D eigenvalue weighted by atomic mass is 32.1. The summed E-state index contributed by atoms with van der Waals surface area (Å²) in [6.45, 7) is 6.24. The number of allylic oxidation sites excluding steroid dienone is 4. The van der Waals surface area contributed by atoms with Gasteiger partial charge in [-0.05, 0) is 80.3 Å². The second-order valence-electron chi connectivity index (χ2n) is 13.7. The second kappa shape index (κ2) is 16.3. The highest BCUT2D eigenvalue weighted by Gasteiger charge is 2.36. The summed E-state index contributed by atoms with van der Waals surface area (Å²) in [7, 11) is 4.06. The van der Waals surface area contributed by atoms with Crippen LogP contribution in [-0.4, -0.2) is 44.7 Å². The summed E-state index contributed by atoms with van der Waals surface area (Å²) in [6, 6.07) is 21.4. The van der Waals surface area contributed by atoms with Gasteiger partial charge in [-0.25, -0.2) is 0 Å². The van der Waals surface area contributed by atoms with E-state index in [-0.39, 0.29) is 6.04 Å². The normalized spacial score (nSPS) is 17.3. The third-order valence-electron chi connectivity index (χ3n) is 9.64. The lowest BCUT2D eigenvalue weighted by molar-refractivity contribution is 0.590. The van der Waals surface area contributed by atoms with Crippen molar-refractivity contribution in [3.63, 3.8) is 0 Å². The van der Waals surface area contributed by atoms with E-state index < -0.39 is 0 Å². The highest BCUT2D eigenvalue weighted by Crippen LogP contribution is 2.39. The van der Waals surface area contributed by atoms with E-state index in [0.717, 1.165) is 82.0 Å². The highest BCUT2D eigenvalue weighted by molar-refractivity contribution is 7.80. The molecule has 1 heterocycles. The van der Waals surface area contributed by atoms with Gasteiger partial charge in [0.15, 0.2) is 0 Å². The van der Waals surface area contributed by atoms with Gasteiger partial charge in [-0.2, -0.15) is 4.58 Å². The van der Waals surface area contributed by atoms with Crippen molar-refractivity contribution in [1.82, 2.24) is 9.89 Å². The lowest BCUT2D eigenvalue weighted by Gasteiger charge is -2.27. The smallest absolute Gasteiger partial charge is 0.236 e. The number of hydrogen-bond acceptors (Lipinski definition) is 7. The van der Waals surface area contributed by atoms with Gasteiger partial charge in [0.2, 0.25) is 17.1 Å². The fourth-order valence-corrected chi connectivity index (χ4v) is 6.93. The van der Waals surface area contributed by atoms with E-state index in [1.54, 1.807) is 0 Å². The number of hydrogen-bond donors (Lipinski definition) is 5. The Morgan fingerprint density at radius 2 is 1.66 bits per heavy atom. The molecule has 0 amide bonds. The molecule has 2 aliphatic carbocycles. The van der Waals surface area contributed by atoms with Crippen molar-refractivity contribution in [2.24, 2.45) is 10.7 Å². The molecule has 3 aromatic carbocycles. The largest absolute Gasteiger partial charge is 0.398 e. The molecule has 5 N–H and O–H groups in total. The molecule has 0 radical (unpaired) electrons. The topological polar surface area (TPSA) is 80.7 Å². The van der Waals surface area contributed by atoms with E-state index in [0.29, 0.717) is 0 Å². The molecule has 0 saturated heterocycles. The summed E-state index contributed by atoms with van der Waals surface area (Å²) < 4.78 is 2.35. The van der Waals surface area contributed by atoms with Crippen molar-refractivity contribution in [2.75, 3.05) is 42.7 Å². The number of nitrogens with zero attached hydrogens (tertiary/aromatic N) is 3. The van der Waals surface area contributed by atoms with Gasteiger partial charge in [0, 0.05) is 91.3 Å². The molecular weight excluding hydrogens is 635 g/mol. The molecule has 7 nitrogen and oxygen atoms in total. The van der Waals surface area contributed by atoms with Crippen molar-refractivity contribution >= 4 is 58.2 Å². The van der Waals surface area contributed by atoms with Crippen LogP contribution in [0.4, 0.5) is 34.1 Å². The zero-order chi connectivity index (χ0) is 35.0. The number of aliphatic imine (C=N–C) groups is 1. The average molecular weight is 687 g/mol. The predicted octanol–water partition coefficient (Wildman–Crippen LogP) is 9.18. The van der Waals surface area contributed by atoms with Crippen LogP contribution in [0.1, 0.15) is 57.4 Å². The summed E-state index contributed by atoms with van der Waals surface area (Å²) in [5, 5.41) is 11.1. The minimum Gasteiger partial charge on any atom is -0.398 e. The Labute approximate surface area is 303 Å². The van der Waals surface area contributed by atoms with Gasteiger partial charge in [0.25, 0.3) is 0 Å². The Morgan fingerprint density at radius 3 is 2.36 bits per heavy atom. The van der Waals surface area contributed by atoms with Crippen molar-refractivity contribution < 1.29 is 0 Å². The maximum Gasteiger partial charge on any atom is 0.236 e. The molecule has 0 bridgehead atoms. The molecule has 260 valence electrons. The van der Waals surface area contributed by atoms with Crippen molar-refractivity contribution in [1.29, 1.82) is 0 Å². The lowest BCUT2D eigenvalue weighted by Crippen LogP contribution is -2.40. The maximum absolute atomic E-state index is 6.40. The second-order valence-corrected chi connectivity index (χ2v) is 14.2. The first-order valence-electron chi connectivity index (χ1n) is 18.0. The van der Waals surface area contributed by atoms with E-state index in [4.69, 9.17) is 10.7 Å². The van der Waals surface area contributed by atoms with Crippen molar-refractivity contribution in [2.45, 2.75) is 69.7 Å². The van der Waals surface area contributed by atoms with E-state index in [2.05, 4.69) is 137 Å². The molecule has 1 aliphatic heterocycles. The van der Waals surface area contributed by atoms with Crippen LogP contribution in [0.5, 0.6) is 0 Å². The fraction of sp³-hybridized carbons (Fsp3) is 0.333. The Morgan fingerprint density at radius 1 is 0.920 bits per heavy atom. The van der Waals surface area contributed by atoms with Gasteiger partial charge in [-0.3, -0.25) is 4.99 Å². The molecule has 3 aliphatic rings. The van der Waals surface area contributed by atoms with Crippen LogP contribution in [0, 0.1) is 6.92 Å². The molecule has 0 aromatic heterocycles. The van der Waals surface area contributed by atoms with E-state index in [9.17, 15) is 0 Å². The molecule has 0 fully saturated rings. The molecule has 0 saturated carbocycles. The number of rotatable bonds is 14. The maximum atomic E-state index is 6.40. The molecule has 1 atom stereocenters. The molecule has 0 spiro atoms. The number of para-hydroxylation sites is 1. The third-order valence-corrected chi connectivity index (χ3v) is 9.99. The van der Waals surface area contributed by atoms with Crippen molar-refractivity contribution in [3.05, 3.63) is 114 Å². The number of aryl methyl sites for hydroxylation is 1. The summed E-state index contributed by atoms with van der Waals surface area (Å²) in [6.07, 6.45) is 19.0. The van der Waals surface area contributed by atoms with Gasteiger partial charge in [-0.15, -0.1) is 12.6 Å². The Hall–Kier alpha value is -4.69. The SMILES string of the molecule is CC1=CC2Nc3cc(C)c(NCCCCCCCCNC4=CC/C(=N\c5ccc(N(C)C)cc5S)C=C4)cc3[N+](c3ccccc3)=C2C=C1N. The number of benzene rings is 3. The van der Waals surface area contributed by atoms with Gasteiger partial charge in [0.1, 0.15) is 11.7 Å². The fourth-order valence-electron chi connectivity index (χ4n) is 6.68. The summed E-state index contributed by atoms with van der Waals surface area (Å²) in [5.41, 5.74) is 19.6. The quantitative estimate of drug-likeness (QED) is 0.0664.